The van der Waals surface area contributed by atoms with Gasteiger partial charge in [-0.25, -0.2) is 0 Å². The average Bonchev–Trinajstić information content (AvgIpc) is 1.99. The zero-order chi connectivity index (χ0) is 8.85. The van der Waals surface area contributed by atoms with Gasteiger partial charge in [0.05, 0.1) is 0 Å². The molecule has 66 valence electrons. The lowest BCUT2D eigenvalue weighted by Gasteiger charge is -2.23. The quantitative estimate of drug-likeness (QED) is 0.656. The minimum atomic E-state index is 0.521. The third-order valence-corrected chi connectivity index (χ3v) is 2.18. The van der Waals surface area contributed by atoms with E-state index >= 15 is 0 Å². The van der Waals surface area contributed by atoms with Crippen molar-refractivity contribution in [2.45, 2.75) is 27.2 Å². The van der Waals surface area contributed by atoms with Crippen molar-refractivity contribution < 1.29 is 0 Å². The maximum Gasteiger partial charge on any atom is 0.166 e. The molecule has 0 aliphatic heterocycles. The molecule has 2 nitrogen and oxygen atoms in total. The fourth-order valence-corrected chi connectivity index (χ4v) is 1.08. The van der Waals surface area contributed by atoms with E-state index in [1.165, 1.54) is 6.42 Å². The fraction of sp³-hybridized carbons (Fsp3) is 0.875. The fourth-order valence-electron chi connectivity index (χ4n) is 0.880. The summed E-state index contributed by atoms with van der Waals surface area (Å²) in [6, 6.07) is 0. The lowest BCUT2D eigenvalue weighted by Crippen LogP contribution is -2.38. The molecule has 3 heteroatoms. The Morgan fingerprint density at radius 1 is 1.55 bits per heavy atom. The molecule has 0 spiro atoms. The lowest BCUT2D eigenvalue weighted by atomic mass is 10.1. The van der Waals surface area contributed by atoms with Gasteiger partial charge in [0.25, 0.3) is 0 Å². The SMILES string of the molecule is CCC(C)CN(CC)C(N)=S. The second-order valence-electron chi connectivity index (χ2n) is 2.89. The zero-order valence-electron chi connectivity index (χ0n) is 7.63. The molecule has 0 rings (SSSR count). The van der Waals surface area contributed by atoms with Crippen LogP contribution in [-0.4, -0.2) is 23.1 Å². The van der Waals surface area contributed by atoms with Crippen molar-refractivity contribution in [2.75, 3.05) is 13.1 Å². The highest BCUT2D eigenvalue weighted by atomic mass is 32.1. The Balaban J connectivity index is 3.77. The van der Waals surface area contributed by atoms with Crippen LogP contribution in [-0.2, 0) is 0 Å². The van der Waals surface area contributed by atoms with E-state index in [9.17, 15) is 0 Å². The summed E-state index contributed by atoms with van der Waals surface area (Å²) >= 11 is 4.89. The van der Waals surface area contributed by atoms with Crippen molar-refractivity contribution in [3.63, 3.8) is 0 Å². The number of thiocarbonyl (C=S) groups is 1. The summed E-state index contributed by atoms with van der Waals surface area (Å²) in [5, 5.41) is 0.521. The van der Waals surface area contributed by atoms with Crippen molar-refractivity contribution in [1.82, 2.24) is 4.90 Å². The summed E-state index contributed by atoms with van der Waals surface area (Å²) in [6.45, 7) is 8.36. The molecular weight excluding hydrogens is 156 g/mol. The highest BCUT2D eigenvalue weighted by molar-refractivity contribution is 7.80. The first-order valence-corrected chi connectivity index (χ1v) is 4.57. The topological polar surface area (TPSA) is 29.3 Å². The molecule has 1 unspecified atom stereocenters. The van der Waals surface area contributed by atoms with Crippen LogP contribution >= 0.6 is 12.2 Å². The van der Waals surface area contributed by atoms with Gasteiger partial charge in [-0.05, 0) is 25.1 Å². The molecule has 1 atom stereocenters. The molecule has 0 fully saturated rings. The summed E-state index contributed by atoms with van der Waals surface area (Å²) in [6.07, 6.45) is 1.18. The van der Waals surface area contributed by atoms with Crippen LogP contribution in [0, 0.1) is 5.92 Å². The smallest absolute Gasteiger partial charge is 0.166 e. The number of rotatable bonds is 4. The molecule has 0 aliphatic carbocycles. The zero-order valence-corrected chi connectivity index (χ0v) is 8.45. The molecule has 2 N–H and O–H groups in total. The van der Waals surface area contributed by atoms with E-state index in [1.54, 1.807) is 0 Å². The van der Waals surface area contributed by atoms with Gasteiger partial charge in [0.1, 0.15) is 0 Å². The van der Waals surface area contributed by atoms with Gasteiger partial charge in [-0.3, -0.25) is 0 Å². The number of nitrogens with zero attached hydrogens (tertiary/aromatic N) is 1. The van der Waals surface area contributed by atoms with Crippen LogP contribution in [0.2, 0.25) is 0 Å². The van der Waals surface area contributed by atoms with Gasteiger partial charge in [-0.2, -0.15) is 0 Å². The summed E-state index contributed by atoms with van der Waals surface area (Å²) < 4.78 is 0. The van der Waals surface area contributed by atoms with E-state index in [2.05, 4.69) is 20.8 Å². The molecule has 11 heavy (non-hydrogen) atoms. The predicted molar refractivity (Wildman–Crippen MR) is 53.5 cm³/mol. The molecule has 0 saturated heterocycles. The van der Waals surface area contributed by atoms with Crippen LogP contribution in [0.5, 0.6) is 0 Å². The van der Waals surface area contributed by atoms with Crippen LogP contribution in [0.4, 0.5) is 0 Å². The first-order chi connectivity index (χ1) is 5.11. The van der Waals surface area contributed by atoms with Gasteiger partial charge >= 0.3 is 0 Å². The minimum Gasteiger partial charge on any atom is -0.376 e. The molecule has 0 aliphatic rings. The van der Waals surface area contributed by atoms with Crippen LogP contribution < -0.4 is 5.73 Å². The highest BCUT2D eigenvalue weighted by Gasteiger charge is 2.06. The molecule has 0 saturated carbocycles. The molecule has 0 aromatic carbocycles. The first-order valence-electron chi connectivity index (χ1n) is 4.16. The third-order valence-electron chi connectivity index (χ3n) is 1.92. The number of nitrogens with two attached hydrogens (primary N) is 1. The highest BCUT2D eigenvalue weighted by Crippen LogP contribution is 2.03. The molecule has 0 bridgehead atoms. The molecular formula is C8H18N2S. The Kier molecular flexibility index (Phi) is 5.20. The van der Waals surface area contributed by atoms with Gasteiger partial charge in [0, 0.05) is 13.1 Å². The largest absolute Gasteiger partial charge is 0.376 e. The van der Waals surface area contributed by atoms with Crippen LogP contribution in [0.1, 0.15) is 27.2 Å². The normalized spacial score (nSPS) is 12.6. The average molecular weight is 174 g/mol. The van der Waals surface area contributed by atoms with Gasteiger partial charge in [-0.1, -0.05) is 20.3 Å². The Morgan fingerprint density at radius 3 is 2.36 bits per heavy atom. The van der Waals surface area contributed by atoms with Crippen molar-refractivity contribution in [3.05, 3.63) is 0 Å². The molecule has 0 aromatic heterocycles. The number of hydrogen-bond donors (Lipinski definition) is 1. The van der Waals surface area contributed by atoms with Crippen molar-refractivity contribution in [1.29, 1.82) is 0 Å². The molecule has 0 heterocycles. The standard InChI is InChI=1S/C8H18N2S/c1-4-7(3)6-10(5-2)8(9)11/h7H,4-6H2,1-3H3,(H2,9,11). The van der Waals surface area contributed by atoms with E-state index in [-0.39, 0.29) is 0 Å². The third kappa shape index (κ3) is 4.19. The lowest BCUT2D eigenvalue weighted by molar-refractivity contribution is 0.361. The Labute approximate surface area is 74.8 Å². The van der Waals surface area contributed by atoms with E-state index < -0.39 is 0 Å². The Hall–Kier alpha value is -0.310. The second-order valence-corrected chi connectivity index (χ2v) is 3.31. The Bertz CT molecular complexity index is 125. The Morgan fingerprint density at radius 2 is 2.09 bits per heavy atom. The minimum absolute atomic E-state index is 0.521. The van der Waals surface area contributed by atoms with Gasteiger partial charge < -0.3 is 10.6 Å². The van der Waals surface area contributed by atoms with E-state index in [4.69, 9.17) is 18.0 Å². The predicted octanol–water partition coefficient (Wildman–Crippen LogP) is 1.60. The van der Waals surface area contributed by atoms with Gasteiger partial charge in [-0.15, -0.1) is 0 Å². The summed E-state index contributed by atoms with van der Waals surface area (Å²) in [5.41, 5.74) is 5.51. The van der Waals surface area contributed by atoms with Crippen LogP contribution in [0.25, 0.3) is 0 Å². The molecule has 0 radical (unpaired) electrons. The van der Waals surface area contributed by atoms with E-state index in [0.29, 0.717) is 11.0 Å². The maximum absolute atomic E-state index is 5.51. The van der Waals surface area contributed by atoms with E-state index in [1.807, 2.05) is 4.90 Å². The van der Waals surface area contributed by atoms with Crippen molar-refractivity contribution in [3.8, 4) is 0 Å². The summed E-state index contributed by atoms with van der Waals surface area (Å²) in [4.78, 5) is 2.03. The molecule has 0 aromatic rings. The van der Waals surface area contributed by atoms with Crippen LogP contribution in [0.3, 0.4) is 0 Å². The monoisotopic (exact) mass is 174 g/mol. The maximum atomic E-state index is 5.51. The van der Waals surface area contributed by atoms with E-state index in [0.717, 1.165) is 13.1 Å². The molecule has 0 amide bonds. The van der Waals surface area contributed by atoms with Crippen molar-refractivity contribution >= 4 is 17.3 Å². The summed E-state index contributed by atoms with van der Waals surface area (Å²) in [7, 11) is 0. The number of hydrogen-bond acceptors (Lipinski definition) is 1. The van der Waals surface area contributed by atoms with Gasteiger partial charge in [0.15, 0.2) is 5.11 Å². The second kappa shape index (κ2) is 5.35. The summed E-state index contributed by atoms with van der Waals surface area (Å²) in [5.74, 6) is 0.677. The van der Waals surface area contributed by atoms with Gasteiger partial charge in [0.2, 0.25) is 0 Å². The van der Waals surface area contributed by atoms with Crippen LogP contribution in [0.15, 0.2) is 0 Å². The first kappa shape index (κ1) is 10.7. The van der Waals surface area contributed by atoms with Crippen molar-refractivity contribution in [2.24, 2.45) is 11.7 Å².